The molecule has 6 rings (SSSR count). The fourth-order valence-corrected chi connectivity index (χ4v) is 9.59. The minimum absolute atomic E-state index is 0.0627. The van der Waals surface area contributed by atoms with Crippen LogP contribution in [0.4, 0.5) is 0 Å². The van der Waals surface area contributed by atoms with Crippen molar-refractivity contribution < 1.29 is 4.74 Å². The van der Waals surface area contributed by atoms with E-state index in [1.54, 1.807) is 27.8 Å². The molecular formula is C41H60O. The number of fused-ring (bicyclic) bond motifs is 6. The molecule has 0 N–H and O–H groups in total. The Balaban J connectivity index is 1.33. The number of hydrogen-bond acceptors (Lipinski definition) is 1. The number of benzene rings is 2. The van der Waals surface area contributed by atoms with E-state index in [1.165, 1.54) is 87.5 Å². The van der Waals surface area contributed by atoms with Gasteiger partial charge in [0.1, 0.15) is 11.9 Å². The van der Waals surface area contributed by atoms with Crippen molar-refractivity contribution >= 4 is 0 Å². The van der Waals surface area contributed by atoms with Gasteiger partial charge in [0.25, 0.3) is 0 Å². The van der Waals surface area contributed by atoms with Crippen molar-refractivity contribution in [1.82, 2.24) is 0 Å². The summed E-state index contributed by atoms with van der Waals surface area (Å²) in [7, 11) is 0. The first-order valence-corrected chi connectivity index (χ1v) is 17.6. The molecule has 0 spiro atoms. The molecule has 0 amide bonds. The predicted molar refractivity (Wildman–Crippen MR) is 180 cm³/mol. The minimum Gasteiger partial charge on any atom is -0.489 e. The van der Waals surface area contributed by atoms with E-state index in [4.69, 9.17) is 4.74 Å². The maximum Gasteiger partial charge on any atom is 0.127 e. The topological polar surface area (TPSA) is 9.23 Å². The highest BCUT2D eigenvalue weighted by atomic mass is 16.5. The summed E-state index contributed by atoms with van der Waals surface area (Å²) in [5.74, 6) is 3.50. The fraction of sp³-hybridized carbons (Fsp3) is 0.707. The van der Waals surface area contributed by atoms with Crippen LogP contribution in [0.3, 0.4) is 0 Å². The summed E-state index contributed by atoms with van der Waals surface area (Å²) in [4.78, 5) is 0. The second-order valence-corrected chi connectivity index (χ2v) is 18.1. The normalized spacial score (nSPS) is 25.9. The van der Waals surface area contributed by atoms with Crippen molar-refractivity contribution in [3.63, 3.8) is 0 Å². The zero-order valence-electron chi connectivity index (χ0n) is 28.8. The van der Waals surface area contributed by atoms with Crippen LogP contribution in [0.1, 0.15) is 184 Å². The molecule has 2 aromatic rings. The first-order valence-electron chi connectivity index (χ1n) is 17.6. The number of hydrogen-bond donors (Lipinski definition) is 0. The van der Waals surface area contributed by atoms with Crippen molar-refractivity contribution in [1.29, 1.82) is 0 Å². The van der Waals surface area contributed by atoms with E-state index >= 15 is 0 Å². The maximum atomic E-state index is 6.95. The highest BCUT2D eigenvalue weighted by Crippen LogP contribution is 2.55. The first-order chi connectivity index (χ1) is 19.6. The molecule has 4 atom stereocenters. The molecule has 2 saturated carbocycles. The molecule has 2 aromatic carbocycles. The van der Waals surface area contributed by atoms with Crippen molar-refractivity contribution in [3.8, 4) is 5.75 Å². The molecule has 3 aliphatic carbocycles. The van der Waals surface area contributed by atoms with Crippen LogP contribution in [0.5, 0.6) is 5.75 Å². The van der Waals surface area contributed by atoms with Gasteiger partial charge in [-0.15, -0.1) is 0 Å². The average Bonchev–Trinajstić information content (AvgIpc) is 3.49. The molecule has 1 heteroatoms. The second kappa shape index (κ2) is 10.4. The lowest BCUT2D eigenvalue weighted by Crippen LogP contribution is -2.27. The minimum atomic E-state index is 0.0627. The van der Waals surface area contributed by atoms with E-state index < -0.39 is 0 Å². The third-order valence-electron chi connectivity index (χ3n) is 12.1. The Hall–Kier alpha value is -1.76. The van der Waals surface area contributed by atoms with Crippen LogP contribution < -0.4 is 4.74 Å². The third-order valence-corrected chi connectivity index (χ3v) is 12.1. The summed E-state index contributed by atoms with van der Waals surface area (Å²) in [6, 6.07) is 10.0. The quantitative estimate of drug-likeness (QED) is 0.348. The molecule has 230 valence electrons. The second-order valence-electron chi connectivity index (χ2n) is 18.1. The molecule has 0 saturated heterocycles. The van der Waals surface area contributed by atoms with Gasteiger partial charge in [-0.1, -0.05) is 113 Å². The van der Waals surface area contributed by atoms with Crippen molar-refractivity contribution in [2.24, 2.45) is 5.92 Å². The molecule has 0 bridgehead atoms. The summed E-state index contributed by atoms with van der Waals surface area (Å²) in [5.41, 5.74) is 11.9. The van der Waals surface area contributed by atoms with Gasteiger partial charge in [0.15, 0.2) is 0 Å². The number of ether oxygens (including phenoxy) is 1. The Bertz CT molecular complexity index is 1330. The zero-order valence-corrected chi connectivity index (χ0v) is 28.8. The molecule has 1 aliphatic heterocycles. The van der Waals surface area contributed by atoms with Gasteiger partial charge < -0.3 is 4.74 Å². The summed E-state index contributed by atoms with van der Waals surface area (Å²) >= 11 is 0. The average molecular weight is 569 g/mol. The van der Waals surface area contributed by atoms with Crippen molar-refractivity contribution in [3.05, 3.63) is 63.2 Å². The molecule has 4 unspecified atom stereocenters. The van der Waals surface area contributed by atoms with E-state index in [0.717, 1.165) is 11.8 Å². The smallest absolute Gasteiger partial charge is 0.127 e. The van der Waals surface area contributed by atoms with Gasteiger partial charge in [-0.2, -0.15) is 0 Å². The van der Waals surface area contributed by atoms with Gasteiger partial charge >= 0.3 is 0 Å². The fourth-order valence-electron chi connectivity index (χ4n) is 9.59. The Morgan fingerprint density at radius 1 is 0.571 bits per heavy atom. The van der Waals surface area contributed by atoms with Gasteiger partial charge in [0.05, 0.1) is 0 Å². The van der Waals surface area contributed by atoms with Crippen LogP contribution in [-0.2, 0) is 28.1 Å². The monoisotopic (exact) mass is 568 g/mol. The van der Waals surface area contributed by atoms with Crippen LogP contribution in [0, 0.1) is 5.92 Å². The lowest BCUT2D eigenvalue weighted by Gasteiger charge is -2.37. The highest BCUT2D eigenvalue weighted by Gasteiger charge is 2.44. The largest absolute Gasteiger partial charge is 0.489 e. The molecular weight excluding hydrogens is 508 g/mol. The zero-order chi connectivity index (χ0) is 30.2. The first kappa shape index (κ1) is 30.3. The van der Waals surface area contributed by atoms with Gasteiger partial charge in [-0.3, -0.25) is 0 Å². The predicted octanol–water partition coefficient (Wildman–Crippen LogP) is 11.6. The highest BCUT2D eigenvalue weighted by molar-refractivity contribution is 5.57. The standard InChI is InChI=1S/C41H60O/c1-38(2,3)30-19-21-32(35-27-16-12-11-15-26(27)25-29(30)35)40(7,8)23-24-41(9,10)33-22-20-31(39(4,5)6)36-28-17-13-14-18-34(28)42-37(33)36/h19-22,26-28,34H,11-18,23-25H2,1-10H3. The van der Waals surface area contributed by atoms with Crippen LogP contribution >= 0.6 is 0 Å². The Labute approximate surface area is 258 Å². The summed E-state index contributed by atoms with van der Waals surface area (Å²) in [6.45, 7) is 24.5. The lowest BCUT2D eigenvalue weighted by atomic mass is 9.68. The Kier molecular flexibility index (Phi) is 7.50. The van der Waals surface area contributed by atoms with Crippen molar-refractivity contribution in [2.45, 2.75) is 179 Å². The third kappa shape index (κ3) is 5.17. The molecule has 4 aliphatic rings. The van der Waals surface area contributed by atoms with E-state index in [2.05, 4.69) is 93.5 Å². The molecule has 2 fully saturated rings. The van der Waals surface area contributed by atoms with Gasteiger partial charge in [0.2, 0.25) is 0 Å². The summed E-state index contributed by atoms with van der Waals surface area (Å²) in [5, 5.41) is 0. The van der Waals surface area contributed by atoms with E-state index in [0.29, 0.717) is 12.0 Å². The summed E-state index contributed by atoms with van der Waals surface area (Å²) < 4.78 is 6.95. The summed E-state index contributed by atoms with van der Waals surface area (Å²) in [6.07, 6.45) is 14.9. The molecule has 42 heavy (non-hydrogen) atoms. The van der Waals surface area contributed by atoms with Gasteiger partial charge in [-0.05, 0) is 113 Å². The van der Waals surface area contributed by atoms with Crippen LogP contribution in [0.15, 0.2) is 24.3 Å². The van der Waals surface area contributed by atoms with Crippen LogP contribution in [0.2, 0.25) is 0 Å². The SMILES string of the molecule is CC(C)(C)c1ccc(C(C)(C)CCC(C)(C)c2ccc(C(C)(C)C)c3c2OC2CCCCC32)c2c1CC1CCCCC21. The van der Waals surface area contributed by atoms with E-state index in [1.807, 2.05) is 0 Å². The van der Waals surface area contributed by atoms with Gasteiger partial charge in [-0.25, -0.2) is 0 Å². The Morgan fingerprint density at radius 2 is 1.10 bits per heavy atom. The Morgan fingerprint density at radius 3 is 1.76 bits per heavy atom. The molecule has 0 aromatic heterocycles. The maximum absolute atomic E-state index is 6.95. The van der Waals surface area contributed by atoms with E-state index in [9.17, 15) is 0 Å². The molecule has 0 radical (unpaired) electrons. The van der Waals surface area contributed by atoms with Crippen LogP contribution in [-0.4, -0.2) is 6.10 Å². The number of rotatable bonds is 5. The molecule has 1 heterocycles. The van der Waals surface area contributed by atoms with Gasteiger partial charge in [0, 0.05) is 17.0 Å². The van der Waals surface area contributed by atoms with E-state index in [-0.39, 0.29) is 21.7 Å². The lowest BCUT2D eigenvalue weighted by molar-refractivity contribution is 0.161. The molecule has 1 nitrogen and oxygen atoms in total. The van der Waals surface area contributed by atoms with Crippen LogP contribution in [0.25, 0.3) is 0 Å². The van der Waals surface area contributed by atoms with Crippen molar-refractivity contribution in [2.75, 3.05) is 0 Å².